The van der Waals surface area contributed by atoms with Crippen LogP contribution in [-0.4, -0.2) is 16.0 Å². The van der Waals surface area contributed by atoms with Gasteiger partial charge in [-0.25, -0.2) is 9.37 Å². The van der Waals surface area contributed by atoms with E-state index in [9.17, 15) is 4.39 Å². The molecular weight excluding hydrogens is 241 g/mol. The molecule has 3 nitrogen and oxygen atoms in total. The average molecular weight is 260 g/mol. The number of aromatic nitrogens is 2. The van der Waals surface area contributed by atoms with Crippen LogP contribution in [0.4, 0.5) is 10.2 Å². The summed E-state index contributed by atoms with van der Waals surface area (Å²) in [5.41, 5.74) is 0. The average Bonchev–Trinajstić information content (AvgIpc) is 2.23. The van der Waals surface area contributed by atoms with Crippen LogP contribution in [0.3, 0.4) is 0 Å². The van der Waals surface area contributed by atoms with E-state index in [1.807, 2.05) is 6.92 Å². The number of nitrogens with zero attached hydrogens (tertiary/aromatic N) is 2. The summed E-state index contributed by atoms with van der Waals surface area (Å²) in [6, 6.07) is 0.175. The summed E-state index contributed by atoms with van der Waals surface area (Å²) in [6.45, 7) is 6.40. The first-order chi connectivity index (χ1) is 7.99. The minimum atomic E-state index is -0.467. The Morgan fingerprint density at radius 2 is 2.06 bits per heavy atom. The molecule has 0 bridgehead atoms. The first-order valence-electron chi connectivity index (χ1n) is 5.93. The fourth-order valence-corrected chi connectivity index (χ4v) is 1.72. The Bertz CT molecular complexity index is 358. The number of nitrogens with one attached hydrogen (secondary N) is 1. The van der Waals surface area contributed by atoms with Crippen LogP contribution >= 0.6 is 11.6 Å². The number of anilines is 1. The van der Waals surface area contributed by atoms with Crippen molar-refractivity contribution in [2.45, 2.75) is 46.1 Å². The molecule has 1 aromatic rings. The molecule has 0 amide bonds. The van der Waals surface area contributed by atoms with Gasteiger partial charge in [0.15, 0.2) is 11.6 Å². The topological polar surface area (TPSA) is 37.8 Å². The van der Waals surface area contributed by atoms with E-state index in [-0.39, 0.29) is 17.1 Å². The number of rotatable bonds is 6. The van der Waals surface area contributed by atoms with Crippen molar-refractivity contribution in [3.05, 3.63) is 17.3 Å². The fraction of sp³-hybridized carbons (Fsp3) is 0.667. The molecule has 0 saturated heterocycles. The number of halogens is 2. The molecule has 1 atom stereocenters. The van der Waals surface area contributed by atoms with E-state index in [1.165, 1.54) is 6.42 Å². The summed E-state index contributed by atoms with van der Waals surface area (Å²) >= 11 is 5.62. The Hall–Kier alpha value is -0.900. The van der Waals surface area contributed by atoms with Crippen molar-refractivity contribution in [3.63, 3.8) is 0 Å². The lowest BCUT2D eigenvalue weighted by atomic mass is 10.0. The van der Waals surface area contributed by atoms with Gasteiger partial charge in [0, 0.05) is 6.04 Å². The minimum Gasteiger partial charge on any atom is -0.365 e. The van der Waals surface area contributed by atoms with Gasteiger partial charge in [-0.2, -0.15) is 4.98 Å². The van der Waals surface area contributed by atoms with E-state index >= 15 is 0 Å². The zero-order valence-electron chi connectivity index (χ0n) is 10.5. The van der Waals surface area contributed by atoms with Gasteiger partial charge in [-0.1, -0.05) is 26.7 Å². The van der Waals surface area contributed by atoms with E-state index in [0.29, 0.717) is 5.92 Å². The van der Waals surface area contributed by atoms with Crippen molar-refractivity contribution >= 4 is 17.4 Å². The van der Waals surface area contributed by atoms with Crippen molar-refractivity contribution in [1.29, 1.82) is 0 Å². The van der Waals surface area contributed by atoms with E-state index in [4.69, 9.17) is 11.6 Å². The first-order valence-corrected chi connectivity index (χ1v) is 6.31. The molecule has 5 heteroatoms. The van der Waals surface area contributed by atoms with Crippen LogP contribution in [0.25, 0.3) is 0 Å². The van der Waals surface area contributed by atoms with Crippen molar-refractivity contribution in [2.24, 2.45) is 5.92 Å². The second-order valence-corrected chi connectivity index (χ2v) is 5.04. The summed E-state index contributed by atoms with van der Waals surface area (Å²) in [4.78, 5) is 7.40. The highest BCUT2D eigenvalue weighted by Gasteiger charge is 2.09. The SMILES string of the molecule is CC(C)CCCC(C)Nc1nc(Cl)ncc1F. The van der Waals surface area contributed by atoms with Gasteiger partial charge in [0.25, 0.3) is 0 Å². The lowest BCUT2D eigenvalue weighted by Gasteiger charge is -2.15. The van der Waals surface area contributed by atoms with E-state index < -0.39 is 5.82 Å². The summed E-state index contributed by atoms with van der Waals surface area (Å²) in [5.74, 6) is 0.416. The van der Waals surface area contributed by atoms with Crippen molar-refractivity contribution in [1.82, 2.24) is 9.97 Å². The maximum Gasteiger partial charge on any atom is 0.224 e. The molecule has 0 spiro atoms. The Kier molecular flexibility index (Phi) is 5.62. The highest BCUT2D eigenvalue weighted by Crippen LogP contribution is 2.15. The van der Waals surface area contributed by atoms with Gasteiger partial charge in [0.1, 0.15) is 0 Å². The van der Waals surface area contributed by atoms with E-state index in [2.05, 4.69) is 29.1 Å². The molecule has 1 rings (SSSR count). The standard InChI is InChI=1S/C12H19ClFN3/c1-8(2)5-4-6-9(3)16-11-10(14)7-15-12(13)17-11/h7-9H,4-6H2,1-3H3,(H,15,16,17). The molecule has 0 radical (unpaired) electrons. The van der Waals surface area contributed by atoms with Crippen LogP contribution in [0.5, 0.6) is 0 Å². The third kappa shape index (κ3) is 5.31. The number of hydrogen-bond donors (Lipinski definition) is 1. The molecule has 0 aliphatic heterocycles. The van der Waals surface area contributed by atoms with Gasteiger partial charge >= 0.3 is 0 Å². The van der Waals surface area contributed by atoms with Crippen molar-refractivity contribution in [2.75, 3.05) is 5.32 Å². The lowest BCUT2D eigenvalue weighted by Crippen LogP contribution is -2.17. The smallest absolute Gasteiger partial charge is 0.224 e. The minimum absolute atomic E-state index is 0.0586. The van der Waals surface area contributed by atoms with Gasteiger partial charge < -0.3 is 5.32 Å². The molecule has 0 aliphatic rings. The Morgan fingerprint density at radius 1 is 1.35 bits per heavy atom. The molecule has 1 unspecified atom stereocenters. The quantitative estimate of drug-likeness (QED) is 0.788. The van der Waals surface area contributed by atoms with Crippen LogP contribution in [-0.2, 0) is 0 Å². The van der Waals surface area contributed by atoms with Crippen molar-refractivity contribution in [3.8, 4) is 0 Å². The highest BCUT2D eigenvalue weighted by atomic mass is 35.5. The highest BCUT2D eigenvalue weighted by molar-refractivity contribution is 6.28. The molecule has 0 aliphatic carbocycles. The van der Waals surface area contributed by atoms with Crippen LogP contribution < -0.4 is 5.32 Å². The molecule has 0 fully saturated rings. The monoisotopic (exact) mass is 259 g/mol. The second-order valence-electron chi connectivity index (χ2n) is 4.71. The molecule has 1 aromatic heterocycles. The Labute approximate surface area is 107 Å². The van der Waals surface area contributed by atoms with E-state index in [1.54, 1.807) is 0 Å². The molecule has 0 saturated carbocycles. The van der Waals surface area contributed by atoms with Gasteiger partial charge in [0.2, 0.25) is 5.28 Å². The molecular formula is C12H19ClFN3. The maximum absolute atomic E-state index is 13.3. The van der Waals surface area contributed by atoms with Gasteiger partial charge in [-0.3, -0.25) is 0 Å². The zero-order chi connectivity index (χ0) is 12.8. The van der Waals surface area contributed by atoms with E-state index in [0.717, 1.165) is 19.0 Å². The summed E-state index contributed by atoms with van der Waals surface area (Å²) in [7, 11) is 0. The summed E-state index contributed by atoms with van der Waals surface area (Å²) in [5, 5.41) is 3.07. The predicted molar refractivity (Wildman–Crippen MR) is 68.8 cm³/mol. The van der Waals surface area contributed by atoms with Gasteiger partial charge in [0.05, 0.1) is 6.20 Å². The zero-order valence-corrected chi connectivity index (χ0v) is 11.3. The van der Waals surface area contributed by atoms with Crippen LogP contribution in [0.2, 0.25) is 5.28 Å². The molecule has 1 N–H and O–H groups in total. The molecule has 96 valence electrons. The lowest BCUT2D eigenvalue weighted by molar-refractivity contribution is 0.518. The van der Waals surface area contributed by atoms with Crippen LogP contribution in [0, 0.1) is 11.7 Å². The summed E-state index contributed by atoms with van der Waals surface area (Å²) < 4.78 is 13.3. The maximum atomic E-state index is 13.3. The third-order valence-corrected chi connectivity index (χ3v) is 2.70. The largest absolute Gasteiger partial charge is 0.365 e. The van der Waals surface area contributed by atoms with Gasteiger partial charge in [-0.05, 0) is 30.9 Å². The van der Waals surface area contributed by atoms with Crippen LogP contribution in [0.1, 0.15) is 40.0 Å². The summed E-state index contributed by atoms with van der Waals surface area (Å²) in [6.07, 6.45) is 4.36. The predicted octanol–water partition coefficient (Wildman–Crippen LogP) is 3.90. The van der Waals surface area contributed by atoms with Gasteiger partial charge in [-0.15, -0.1) is 0 Å². The Morgan fingerprint density at radius 3 is 2.71 bits per heavy atom. The first kappa shape index (κ1) is 14.2. The second kappa shape index (κ2) is 6.74. The molecule has 0 aromatic carbocycles. The molecule has 1 heterocycles. The Balaban J connectivity index is 2.44. The normalized spacial score (nSPS) is 12.8. The fourth-order valence-electron chi connectivity index (χ4n) is 1.58. The van der Waals surface area contributed by atoms with Crippen molar-refractivity contribution < 1.29 is 4.39 Å². The van der Waals surface area contributed by atoms with Crippen LogP contribution in [0.15, 0.2) is 6.20 Å². The third-order valence-electron chi connectivity index (χ3n) is 2.52. The number of hydrogen-bond acceptors (Lipinski definition) is 3. The molecule has 17 heavy (non-hydrogen) atoms.